The predicted molar refractivity (Wildman–Crippen MR) is 83.7 cm³/mol. The van der Waals surface area contributed by atoms with Crippen LogP contribution in [0.2, 0.25) is 5.02 Å². The lowest BCUT2D eigenvalue weighted by molar-refractivity contribution is 0.460. The average Bonchev–Trinajstić information content (AvgIpc) is 2.34. The average molecular weight is 286 g/mol. The summed E-state index contributed by atoms with van der Waals surface area (Å²) in [6.07, 6.45) is 2.57. The summed E-state index contributed by atoms with van der Waals surface area (Å²) in [7, 11) is 0. The highest BCUT2D eigenvalue weighted by Gasteiger charge is 2.02. The van der Waals surface area contributed by atoms with Crippen LogP contribution in [-0.4, -0.2) is 18.3 Å². The molecule has 0 saturated carbocycles. The van der Waals surface area contributed by atoms with Crippen LogP contribution in [-0.2, 0) is 0 Å². The Kier molecular flexibility index (Phi) is 7.80. The van der Waals surface area contributed by atoms with Crippen LogP contribution in [0.5, 0.6) is 0 Å². The molecule has 1 aromatic rings. The fourth-order valence-corrected chi connectivity index (χ4v) is 2.60. The SMILES string of the molecule is CC(C)CCC(C)NCCSc1ccc(Cl)cc1. The van der Waals surface area contributed by atoms with E-state index in [1.165, 1.54) is 17.7 Å². The Morgan fingerprint density at radius 1 is 1.11 bits per heavy atom. The lowest BCUT2D eigenvalue weighted by atomic mass is 10.0. The summed E-state index contributed by atoms with van der Waals surface area (Å²) >= 11 is 7.73. The molecule has 1 rings (SSSR count). The molecule has 0 aromatic heterocycles. The second-order valence-corrected chi connectivity index (χ2v) is 6.73. The van der Waals surface area contributed by atoms with Gasteiger partial charge in [-0.1, -0.05) is 25.4 Å². The van der Waals surface area contributed by atoms with Crippen LogP contribution in [0.25, 0.3) is 0 Å². The van der Waals surface area contributed by atoms with E-state index in [0.717, 1.165) is 23.2 Å². The first-order chi connectivity index (χ1) is 8.58. The lowest BCUT2D eigenvalue weighted by Gasteiger charge is -2.14. The van der Waals surface area contributed by atoms with E-state index in [4.69, 9.17) is 11.6 Å². The van der Waals surface area contributed by atoms with Gasteiger partial charge in [-0.3, -0.25) is 0 Å². The van der Waals surface area contributed by atoms with Crippen LogP contribution in [0, 0.1) is 5.92 Å². The fourth-order valence-electron chi connectivity index (χ4n) is 1.69. The maximum absolute atomic E-state index is 5.85. The zero-order chi connectivity index (χ0) is 13.4. The van der Waals surface area contributed by atoms with Crippen molar-refractivity contribution in [1.82, 2.24) is 5.32 Å². The molecular weight excluding hydrogens is 262 g/mol. The van der Waals surface area contributed by atoms with Crippen LogP contribution in [0.1, 0.15) is 33.6 Å². The molecule has 18 heavy (non-hydrogen) atoms. The molecular formula is C15H24ClNS. The van der Waals surface area contributed by atoms with E-state index in [0.29, 0.717) is 6.04 Å². The third-order valence-electron chi connectivity index (χ3n) is 2.85. The first kappa shape index (κ1) is 15.9. The molecule has 1 aromatic carbocycles. The summed E-state index contributed by atoms with van der Waals surface area (Å²) < 4.78 is 0. The Hall–Kier alpha value is -0.180. The molecule has 0 saturated heterocycles. The van der Waals surface area contributed by atoms with E-state index < -0.39 is 0 Å². The van der Waals surface area contributed by atoms with Crippen molar-refractivity contribution in [3.05, 3.63) is 29.3 Å². The maximum atomic E-state index is 5.85. The second kappa shape index (κ2) is 8.84. The Morgan fingerprint density at radius 3 is 2.39 bits per heavy atom. The maximum Gasteiger partial charge on any atom is 0.0406 e. The van der Waals surface area contributed by atoms with Crippen molar-refractivity contribution >= 4 is 23.4 Å². The fraction of sp³-hybridized carbons (Fsp3) is 0.600. The van der Waals surface area contributed by atoms with E-state index in [1.807, 2.05) is 23.9 Å². The summed E-state index contributed by atoms with van der Waals surface area (Å²) in [4.78, 5) is 1.29. The molecule has 0 spiro atoms. The van der Waals surface area contributed by atoms with Gasteiger partial charge in [-0.2, -0.15) is 0 Å². The van der Waals surface area contributed by atoms with Crippen LogP contribution in [0.4, 0.5) is 0 Å². The van der Waals surface area contributed by atoms with Crippen molar-refractivity contribution in [3.63, 3.8) is 0 Å². The normalized spacial score (nSPS) is 12.9. The van der Waals surface area contributed by atoms with Crippen LogP contribution >= 0.6 is 23.4 Å². The third kappa shape index (κ3) is 7.30. The molecule has 0 fully saturated rings. The van der Waals surface area contributed by atoms with Crippen LogP contribution < -0.4 is 5.32 Å². The van der Waals surface area contributed by atoms with Crippen molar-refractivity contribution in [3.8, 4) is 0 Å². The minimum Gasteiger partial charge on any atom is -0.313 e. The highest BCUT2D eigenvalue weighted by atomic mass is 35.5. The Balaban J connectivity index is 2.09. The number of hydrogen-bond donors (Lipinski definition) is 1. The highest BCUT2D eigenvalue weighted by molar-refractivity contribution is 7.99. The zero-order valence-electron chi connectivity index (χ0n) is 11.6. The molecule has 0 heterocycles. The van der Waals surface area contributed by atoms with Crippen LogP contribution in [0.15, 0.2) is 29.2 Å². The quantitative estimate of drug-likeness (QED) is 0.541. The van der Waals surface area contributed by atoms with E-state index in [-0.39, 0.29) is 0 Å². The van der Waals surface area contributed by atoms with Gasteiger partial charge in [-0.05, 0) is 49.9 Å². The summed E-state index contributed by atoms with van der Waals surface area (Å²) in [6.45, 7) is 7.90. The minimum absolute atomic E-state index is 0.623. The lowest BCUT2D eigenvalue weighted by Crippen LogP contribution is -2.28. The molecule has 1 unspecified atom stereocenters. The van der Waals surface area contributed by atoms with Crippen molar-refractivity contribution in [2.24, 2.45) is 5.92 Å². The van der Waals surface area contributed by atoms with Gasteiger partial charge in [0, 0.05) is 28.3 Å². The van der Waals surface area contributed by atoms with E-state index >= 15 is 0 Å². The largest absolute Gasteiger partial charge is 0.313 e. The number of hydrogen-bond acceptors (Lipinski definition) is 2. The van der Waals surface area contributed by atoms with Crippen molar-refractivity contribution < 1.29 is 0 Å². The number of benzene rings is 1. The molecule has 0 aliphatic rings. The summed E-state index contributed by atoms with van der Waals surface area (Å²) in [5.74, 6) is 1.91. The molecule has 0 aliphatic heterocycles. The van der Waals surface area contributed by atoms with E-state index in [9.17, 15) is 0 Å². The number of nitrogens with one attached hydrogen (secondary N) is 1. The van der Waals surface area contributed by atoms with Gasteiger partial charge in [-0.25, -0.2) is 0 Å². The molecule has 0 radical (unpaired) electrons. The molecule has 0 bridgehead atoms. The molecule has 1 atom stereocenters. The first-order valence-corrected chi connectivity index (χ1v) is 8.06. The Morgan fingerprint density at radius 2 is 1.78 bits per heavy atom. The van der Waals surface area contributed by atoms with Gasteiger partial charge in [0.05, 0.1) is 0 Å². The smallest absolute Gasteiger partial charge is 0.0406 e. The minimum atomic E-state index is 0.623. The zero-order valence-corrected chi connectivity index (χ0v) is 13.2. The predicted octanol–water partition coefficient (Wildman–Crippen LogP) is 4.85. The standard InChI is InChI=1S/C15H24ClNS/c1-12(2)4-5-13(3)17-10-11-18-15-8-6-14(16)7-9-15/h6-9,12-13,17H,4-5,10-11H2,1-3H3. The van der Waals surface area contributed by atoms with Crippen LogP contribution in [0.3, 0.4) is 0 Å². The monoisotopic (exact) mass is 285 g/mol. The van der Waals surface area contributed by atoms with Crippen molar-refractivity contribution in [2.75, 3.05) is 12.3 Å². The summed E-state index contributed by atoms with van der Waals surface area (Å²) in [5.41, 5.74) is 0. The number of halogens is 1. The topological polar surface area (TPSA) is 12.0 Å². The van der Waals surface area contributed by atoms with Gasteiger partial charge in [0.1, 0.15) is 0 Å². The molecule has 1 N–H and O–H groups in total. The highest BCUT2D eigenvalue weighted by Crippen LogP contribution is 2.19. The molecule has 1 nitrogen and oxygen atoms in total. The van der Waals surface area contributed by atoms with Gasteiger partial charge in [-0.15, -0.1) is 11.8 Å². The first-order valence-electron chi connectivity index (χ1n) is 6.69. The summed E-state index contributed by atoms with van der Waals surface area (Å²) in [5, 5.41) is 4.38. The van der Waals surface area contributed by atoms with E-state index in [2.05, 4.69) is 38.2 Å². The van der Waals surface area contributed by atoms with Gasteiger partial charge in [0.15, 0.2) is 0 Å². The number of rotatable bonds is 8. The third-order valence-corrected chi connectivity index (χ3v) is 4.12. The van der Waals surface area contributed by atoms with Crippen molar-refractivity contribution in [2.45, 2.75) is 44.6 Å². The Bertz CT molecular complexity index is 324. The van der Waals surface area contributed by atoms with E-state index in [1.54, 1.807) is 0 Å². The molecule has 0 aliphatic carbocycles. The Labute approximate surface area is 121 Å². The molecule has 102 valence electrons. The van der Waals surface area contributed by atoms with Gasteiger partial charge < -0.3 is 5.32 Å². The molecule has 0 amide bonds. The molecule has 3 heteroatoms. The second-order valence-electron chi connectivity index (χ2n) is 5.13. The van der Waals surface area contributed by atoms with Crippen molar-refractivity contribution in [1.29, 1.82) is 0 Å². The summed E-state index contributed by atoms with van der Waals surface area (Å²) in [6, 6.07) is 8.67. The van der Waals surface area contributed by atoms with Gasteiger partial charge in [0.2, 0.25) is 0 Å². The van der Waals surface area contributed by atoms with Gasteiger partial charge >= 0.3 is 0 Å². The number of thioether (sulfide) groups is 1. The van der Waals surface area contributed by atoms with Gasteiger partial charge in [0.25, 0.3) is 0 Å².